The van der Waals surface area contributed by atoms with Crippen LogP contribution in [0, 0.1) is 5.82 Å². The zero-order valence-corrected chi connectivity index (χ0v) is 12.5. The number of ether oxygens (including phenoxy) is 1. The maximum Gasteiger partial charge on any atom is 0.127 e. The lowest BCUT2D eigenvalue weighted by atomic mass is 9.93. The van der Waals surface area contributed by atoms with Gasteiger partial charge in [-0.05, 0) is 18.7 Å². The molecule has 2 nitrogen and oxygen atoms in total. The van der Waals surface area contributed by atoms with Gasteiger partial charge in [0.15, 0.2) is 0 Å². The van der Waals surface area contributed by atoms with Crippen LogP contribution in [0.1, 0.15) is 36.6 Å². The van der Waals surface area contributed by atoms with Gasteiger partial charge in [-0.3, -0.25) is 0 Å². The van der Waals surface area contributed by atoms with E-state index in [0.717, 1.165) is 24.1 Å². The zero-order valence-electron chi connectivity index (χ0n) is 11.8. The van der Waals surface area contributed by atoms with Gasteiger partial charge in [-0.1, -0.05) is 42.8 Å². The summed E-state index contributed by atoms with van der Waals surface area (Å²) in [7, 11) is 0. The van der Waals surface area contributed by atoms with Crippen molar-refractivity contribution in [2.75, 3.05) is 6.54 Å². The van der Waals surface area contributed by atoms with Gasteiger partial charge in [0, 0.05) is 34.7 Å². The Balaban J connectivity index is 1.98. The van der Waals surface area contributed by atoms with E-state index in [1.54, 1.807) is 6.07 Å². The molecule has 2 atom stereocenters. The summed E-state index contributed by atoms with van der Waals surface area (Å²) in [5.41, 5.74) is 1.94. The first-order valence-corrected chi connectivity index (χ1v) is 7.50. The summed E-state index contributed by atoms with van der Waals surface area (Å²) in [5, 5.41) is 4.11. The molecule has 2 aromatic carbocycles. The molecule has 1 aliphatic heterocycles. The fourth-order valence-electron chi connectivity index (χ4n) is 2.81. The van der Waals surface area contributed by atoms with Crippen molar-refractivity contribution in [1.82, 2.24) is 5.32 Å². The van der Waals surface area contributed by atoms with E-state index in [4.69, 9.17) is 16.3 Å². The molecular formula is C17H17ClFNO. The van der Waals surface area contributed by atoms with Gasteiger partial charge >= 0.3 is 0 Å². The van der Waals surface area contributed by atoms with Gasteiger partial charge in [-0.2, -0.15) is 0 Å². The molecule has 0 aromatic heterocycles. The quantitative estimate of drug-likeness (QED) is 0.891. The molecular weight excluding hydrogens is 289 g/mol. The van der Waals surface area contributed by atoms with E-state index >= 15 is 0 Å². The summed E-state index contributed by atoms with van der Waals surface area (Å²) in [5.74, 6) is 0.306. The standard InChI is InChI=1S/C17H17ClFNO/c1-2-20-15-10-17(12-5-3-4-6-14(12)18)21-16-9-11(19)7-8-13(15)16/h3-9,15,17,20H,2,10H2,1H3. The number of hydrogen-bond acceptors (Lipinski definition) is 2. The number of rotatable bonds is 3. The van der Waals surface area contributed by atoms with E-state index in [0.29, 0.717) is 10.8 Å². The maximum absolute atomic E-state index is 13.5. The Morgan fingerprint density at radius 2 is 2.05 bits per heavy atom. The smallest absolute Gasteiger partial charge is 0.127 e. The molecule has 0 aliphatic carbocycles. The second-order valence-corrected chi connectivity index (χ2v) is 5.56. The molecule has 1 aliphatic rings. The number of benzene rings is 2. The summed E-state index contributed by atoms with van der Waals surface area (Å²) in [6.07, 6.45) is 0.605. The van der Waals surface area contributed by atoms with Crippen LogP contribution in [0.25, 0.3) is 0 Å². The zero-order chi connectivity index (χ0) is 14.8. The van der Waals surface area contributed by atoms with Crippen molar-refractivity contribution in [3.05, 3.63) is 64.4 Å². The summed E-state index contributed by atoms with van der Waals surface area (Å²) in [4.78, 5) is 0. The Bertz CT molecular complexity index is 646. The molecule has 0 saturated heterocycles. The molecule has 0 fully saturated rings. The molecule has 0 radical (unpaired) electrons. The van der Waals surface area contributed by atoms with Crippen LogP contribution in [0.15, 0.2) is 42.5 Å². The fraction of sp³-hybridized carbons (Fsp3) is 0.294. The molecule has 2 aromatic rings. The molecule has 2 unspecified atom stereocenters. The minimum absolute atomic E-state index is 0.139. The minimum Gasteiger partial charge on any atom is -0.485 e. The van der Waals surface area contributed by atoms with Crippen LogP contribution < -0.4 is 10.1 Å². The molecule has 0 saturated carbocycles. The lowest BCUT2D eigenvalue weighted by Gasteiger charge is -2.33. The van der Waals surface area contributed by atoms with E-state index in [1.807, 2.05) is 24.3 Å². The second kappa shape index (κ2) is 6.04. The first-order chi connectivity index (χ1) is 10.2. The maximum atomic E-state index is 13.5. The predicted molar refractivity (Wildman–Crippen MR) is 82.3 cm³/mol. The number of nitrogens with one attached hydrogen (secondary N) is 1. The van der Waals surface area contributed by atoms with E-state index < -0.39 is 0 Å². The van der Waals surface area contributed by atoms with Gasteiger partial charge in [-0.15, -0.1) is 0 Å². The average molecular weight is 306 g/mol. The first kappa shape index (κ1) is 14.4. The highest BCUT2D eigenvalue weighted by Crippen LogP contribution is 2.42. The monoisotopic (exact) mass is 305 g/mol. The van der Waals surface area contributed by atoms with Gasteiger partial charge in [0.25, 0.3) is 0 Å². The molecule has 4 heteroatoms. The largest absolute Gasteiger partial charge is 0.485 e. The normalized spacial score (nSPS) is 20.7. The van der Waals surface area contributed by atoms with Crippen LogP contribution in [0.4, 0.5) is 4.39 Å². The van der Waals surface area contributed by atoms with Gasteiger partial charge in [0.05, 0.1) is 0 Å². The molecule has 0 amide bonds. The summed E-state index contributed by atoms with van der Waals surface area (Å²) < 4.78 is 19.5. The van der Waals surface area contributed by atoms with E-state index in [-0.39, 0.29) is 18.0 Å². The van der Waals surface area contributed by atoms with Crippen molar-refractivity contribution in [2.45, 2.75) is 25.5 Å². The minimum atomic E-state index is -0.288. The highest BCUT2D eigenvalue weighted by Gasteiger charge is 2.30. The van der Waals surface area contributed by atoms with Crippen molar-refractivity contribution in [1.29, 1.82) is 0 Å². The summed E-state index contributed by atoms with van der Waals surface area (Å²) in [6.45, 7) is 2.90. The third-order valence-electron chi connectivity index (χ3n) is 3.77. The molecule has 1 N–H and O–H groups in total. The van der Waals surface area contributed by atoms with Crippen LogP contribution in [0.3, 0.4) is 0 Å². The number of halogens is 2. The van der Waals surface area contributed by atoms with Crippen LogP contribution in [-0.2, 0) is 0 Å². The van der Waals surface area contributed by atoms with Crippen LogP contribution in [0.5, 0.6) is 5.75 Å². The Labute approximate surface area is 128 Å². The Hall–Kier alpha value is -1.58. The van der Waals surface area contributed by atoms with Crippen molar-refractivity contribution in [3.8, 4) is 5.75 Å². The predicted octanol–water partition coefficient (Wildman–Crippen LogP) is 4.65. The molecule has 0 spiro atoms. The lowest BCUT2D eigenvalue weighted by molar-refractivity contribution is 0.151. The Morgan fingerprint density at radius 3 is 2.81 bits per heavy atom. The highest BCUT2D eigenvalue weighted by molar-refractivity contribution is 6.31. The van der Waals surface area contributed by atoms with Crippen molar-refractivity contribution in [3.63, 3.8) is 0 Å². The van der Waals surface area contributed by atoms with Crippen LogP contribution in [-0.4, -0.2) is 6.54 Å². The van der Waals surface area contributed by atoms with E-state index in [2.05, 4.69) is 12.2 Å². The van der Waals surface area contributed by atoms with Crippen molar-refractivity contribution in [2.24, 2.45) is 0 Å². The van der Waals surface area contributed by atoms with Crippen molar-refractivity contribution >= 4 is 11.6 Å². The molecule has 110 valence electrons. The summed E-state index contributed by atoms with van der Waals surface area (Å²) in [6, 6.07) is 12.5. The third kappa shape index (κ3) is 2.89. The van der Waals surface area contributed by atoms with Gasteiger partial charge in [-0.25, -0.2) is 4.39 Å². The Morgan fingerprint density at radius 1 is 1.24 bits per heavy atom. The fourth-order valence-corrected chi connectivity index (χ4v) is 3.06. The van der Waals surface area contributed by atoms with Crippen molar-refractivity contribution < 1.29 is 9.13 Å². The van der Waals surface area contributed by atoms with Crippen LogP contribution >= 0.6 is 11.6 Å². The Kier molecular flexibility index (Phi) is 4.13. The summed E-state index contributed by atoms with van der Waals surface area (Å²) >= 11 is 6.27. The SMILES string of the molecule is CCNC1CC(c2ccccc2Cl)Oc2cc(F)ccc21. The van der Waals surface area contributed by atoms with Crippen LogP contribution in [0.2, 0.25) is 5.02 Å². The lowest BCUT2D eigenvalue weighted by Crippen LogP contribution is -2.29. The topological polar surface area (TPSA) is 21.3 Å². The molecule has 3 rings (SSSR count). The molecule has 0 bridgehead atoms. The highest BCUT2D eigenvalue weighted by atomic mass is 35.5. The van der Waals surface area contributed by atoms with Gasteiger partial charge < -0.3 is 10.1 Å². The average Bonchev–Trinajstić information content (AvgIpc) is 2.47. The third-order valence-corrected chi connectivity index (χ3v) is 4.12. The molecule has 1 heterocycles. The van der Waals surface area contributed by atoms with E-state index in [9.17, 15) is 4.39 Å². The number of hydrogen-bond donors (Lipinski definition) is 1. The van der Waals surface area contributed by atoms with Gasteiger partial charge in [0.1, 0.15) is 17.7 Å². The first-order valence-electron chi connectivity index (χ1n) is 7.13. The number of fused-ring (bicyclic) bond motifs is 1. The van der Waals surface area contributed by atoms with E-state index in [1.165, 1.54) is 12.1 Å². The van der Waals surface area contributed by atoms with Gasteiger partial charge in [0.2, 0.25) is 0 Å². The second-order valence-electron chi connectivity index (χ2n) is 5.16. The molecule has 21 heavy (non-hydrogen) atoms.